The summed E-state index contributed by atoms with van der Waals surface area (Å²) in [5.74, 6) is -1.23. The molecule has 1 rings (SSSR count). The first-order valence-electron chi connectivity index (χ1n) is 5.41. The predicted octanol–water partition coefficient (Wildman–Crippen LogP) is -0.738. The Morgan fingerprint density at radius 3 is 2.30 bits per heavy atom. The quantitative estimate of drug-likeness (QED) is 0.533. The van der Waals surface area contributed by atoms with E-state index < -0.39 is 40.7 Å². The Hall–Kier alpha value is -1.53. The van der Waals surface area contributed by atoms with Crippen LogP contribution in [0, 0.1) is 10.1 Å². The zero-order valence-corrected chi connectivity index (χ0v) is 12.4. The number of sulfonamides is 1. The zero-order valence-electron chi connectivity index (χ0n) is 10.8. The first kappa shape index (κ1) is 16.5. The van der Waals surface area contributed by atoms with Gasteiger partial charge in [0.05, 0.1) is 28.8 Å². The van der Waals surface area contributed by atoms with Crippen molar-refractivity contribution in [1.29, 1.82) is 0 Å². The summed E-state index contributed by atoms with van der Waals surface area (Å²) in [6.07, 6.45) is 0.851. The van der Waals surface area contributed by atoms with Gasteiger partial charge in [0, 0.05) is 0 Å². The van der Waals surface area contributed by atoms with E-state index in [-0.39, 0.29) is 12.3 Å². The third-order valence-electron chi connectivity index (χ3n) is 2.51. The molecule has 0 fully saturated rings. The van der Waals surface area contributed by atoms with Crippen LogP contribution in [0.3, 0.4) is 0 Å². The summed E-state index contributed by atoms with van der Waals surface area (Å²) in [7, 11) is -7.67. The first-order valence-corrected chi connectivity index (χ1v) is 8.67. The summed E-state index contributed by atoms with van der Waals surface area (Å²) in [5, 5.41) is 18.3. The van der Waals surface area contributed by atoms with Crippen molar-refractivity contribution in [3.05, 3.63) is 16.3 Å². The third-order valence-corrected chi connectivity index (χ3v) is 5.60. The highest BCUT2D eigenvalue weighted by Gasteiger charge is 2.29. The van der Waals surface area contributed by atoms with E-state index in [4.69, 9.17) is 5.14 Å². The standard InChI is InChI=1S/C8H14N4O6S2/c1-6(2)19(15,16)4-3-11-5-7(20(9,17)18)8(10-11)12(13)14/h5-6H,3-4H2,1-2H3,(H2,9,17,18). The smallest absolute Gasteiger partial charge is 0.358 e. The van der Waals surface area contributed by atoms with Gasteiger partial charge in [-0.05, 0) is 18.8 Å². The van der Waals surface area contributed by atoms with Crippen LogP contribution in [0.1, 0.15) is 13.8 Å². The molecule has 2 N–H and O–H groups in total. The van der Waals surface area contributed by atoms with Crippen molar-refractivity contribution in [2.24, 2.45) is 5.14 Å². The normalized spacial score (nSPS) is 12.8. The van der Waals surface area contributed by atoms with E-state index in [1.165, 1.54) is 13.8 Å². The molecule has 0 bridgehead atoms. The highest BCUT2D eigenvalue weighted by molar-refractivity contribution is 7.91. The van der Waals surface area contributed by atoms with E-state index in [9.17, 15) is 26.9 Å². The van der Waals surface area contributed by atoms with Crippen LogP contribution < -0.4 is 5.14 Å². The minimum absolute atomic E-state index is 0.198. The highest BCUT2D eigenvalue weighted by Crippen LogP contribution is 2.20. The first-order chi connectivity index (χ1) is 8.95. The van der Waals surface area contributed by atoms with Crippen LogP contribution in [0.2, 0.25) is 0 Å². The lowest BCUT2D eigenvalue weighted by atomic mass is 10.6. The Morgan fingerprint density at radius 1 is 1.40 bits per heavy atom. The van der Waals surface area contributed by atoms with Crippen molar-refractivity contribution in [3.63, 3.8) is 0 Å². The minimum Gasteiger partial charge on any atom is -0.358 e. The molecule has 10 nitrogen and oxygen atoms in total. The van der Waals surface area contributed by atoms with Crippen molar-refractivity contribution in [2.45, 2.75) is 30.5 Å². The van der Waals surface area contributed by atoms with Gasteiger partial charge in [0.2, 0.25) is 14.9 Å². The second-order valence-corrected chi connectivity index (χ2v) is 8.50. The molecule has 0 aromatic carbocycles. The van der Waals surface area contributed by atoms with Crippen LogP contribution in [0.4, 0.5) is 5.82 Å². The van der Waals surface area contributed by atoms with Crippen LogP contribution in [0.15, 0.2) is 11.1 Å². The van der Waals surface area contributed by atoms with Gasteiger partial charge < -0.3 is 10.1 Å². The lowest BCUT2D eigenvalue weighted by Gasteiger charge is -2.05. The summed E-state index contributed by atoms with van der Waals surface area (Å²) >= 11 is 0. The number of sulfone groups is 1. The molecule has 20 heavy (non-hydrogen) atoms. The van der Waals surface area contributed by atoms with E-state index in [0.717, 1.165) is 10.9 Å². The van der Waals surface area contributed by atoms with Gasteiger partial charge in [-0.25, -0.2) is 22.0 Å². The Balaban J connectivity index is 3.09. The van der Waals surface area contributed by atoms with E-state index in [0.29, 0.717) is 0 Å². The molecule has 1 heterocycles. The molecule has 12 heteroatoms. The molecule has 1 aromatic heterocycles. The Morgan fingerprint density at radius 2 is 1.95 bits per heavy atom. The number of nitrogens with zero attached hydrogens (tertiary/aromatic N) is 3. The van der Waals surface area contributed by atoms with Gasteiger partial charge in [-0.1, -0.05) is 0 Å². The van der Waals surface area contributed by atoms with Crippen LogP contribution >= 0.6 is 0 Å². The molecule has 1 aromatic rings. The molecule has 0 saturated heterocycles. The number of hydrogen-bond acceptors (Lipinski definition) is 7. The molecule has 0 aliphatic heterocycles. The average molecular weight is 326 g/mol. The number of aromatic nitrogens is 2. The fourth-order valence-corrected chi connectivity index (χ4v) is 2.84. The lowest BCUT2D eigenvalue weighted by molar-refractivity contribution is -0.392. The van der Waals surface area contributed by atoms with Gasteiger partial charge >= 0.3 is 5.82 Å². The van der Waals surface area contributed by atoms with Gasteiger partial charge in [-0.3, -0.25) is 0 Å². The topological polar surface area (TPSA) is 155 Å². The molecular formula is C8H14N4O6S2. The molecule has 0 spiro atoms. The molecule has 0 saturated carbocycles. The maximum absolute atomic E-state index is 11.6. The number of primary sulfonamides is 1. The van der Waals surface area contributed by atoms with Crippen molar-refractivity contribution in [1.82, 2.24) is 9.78 Å². The van der Waals surface area contributed by atoms with Crippen LogP contribution in [-0.2, 0) is 26.4 Å². The molecule has 0 unspecified atom stereocenters. The largest absolute Gasteiger partial charge is 0.410 e. The van der Waals surface area contributed by atoms with E-state index in [1.54, 1.807) is 0 Å². The molecule has 0 aliphatic rings. The van der Waals surface area contributed by atoms with Gasteiger partial charge in [0.1, 0.15) is 0 Å². The number of rotatable bonds is 6. The monoisotopic (exact) mass is 326 g/mol. The Bertz CT molecular complexity index is 718. The summed E-state index contributed by atoms with van der Waals surface area (Å²) in [6.45, 7) is 2.80. The minimum atomic E-state index is -4.30. The number of nitrogens with two attached hydrogens (primary N) is 1. The summed E-state index contributed by atoms with van der Waals surface area (Å²) in [6, 6.07) is 0. The molecule has 0 atom stereocenters. The number of aryl methyl sites for hydroxylation is 1. The maximum Gasteiger partial charge on any atom is 0.410 e. The zero-order chi connectivity index (χ0) is 15.7. The predicted molar refractivity (Wildman–Crippen MR) is 69.2 cm³/mol. The third kappa shape index (κ3) is 3.74. The van der Waals surface area contributed by atoms with Crippen molar-refractivity contribution >= 4 is 25.7 Å². The lowest BCUT2D eigenvalue weighted by Crippen LogP contribution is -2.21. The number of hydrogen-bond donors (Lipinski definition) is 1. The van der Waals surface area contributed by atoms with Crippen LogP contribution in [0.25, 0.3) is 0 Å². The van der Waals surface area contributed by atoms with Crippen molar-refractivity contribution in [3.8, 4) is 0 Å². The average Bonchev–Trinajstić information content (AvgIpc) is 2.70. The van der Waals surface area contributed by atoms with Crippen LogP contribution in [-0.4, -0.2) is 42.5 Å². The second kappa shape index (κ2) is 5.46. The van der Waals surface area contributed by atoms with Crippen LogP contribution in [0.5, 0.6) is 0 Å². The maximum atomic E-state index is 11.6. The molecule has 0 amide bonds. The Kier molecular flexibility index (Phi) is 4.51. The molecule has 0 radical (unpaired) electrons. The summed E-state index contributed by atoms with van der Waals surface area (Å²) in [5.41, 5.74) is 0. The van der Waals surface area contributed by atoms with E-state index >= 15 is 0 Å². The fraction of sp³-hybridized carbons (Fsp3) is 0.625. The van der Waals surface area contributed by atoms with E-state index in [1.807, 2.05) is 0 Å². The molecule has 114 valence electrons. The van der Waals surface area contributed by atoms with Gasteiger partial charge in [0.25, 0.3) is 0 Å². The molecular weight excluding hydrogens is 312 g/mol. The van der Waals surface area contributed by atoms with Gasteiger partial charge in [-0.15, -0.1) is 0 Å². The summed E-state index contributed by atoms with van der Waals surface area (Å²) < 4.78 is 46.5. The van der Waals surface area contributed by atoms with Crippen molar-refractivity contribution in [2.75, 3.05) is 5.75 Å². The van der Waals surface area contributed by atoms with Gasteiger partial charge in [0.15, 0.2) is 9.84 Å². The Labute approximate surface area is 115 Å². The van der Waals surface area contributed by atoms with Gasteiger partial charge in [-0.2, -0.15) is 4.68 Å². The second-order valence-electron chi connectivity index (χ2n) is 4.30. The SMILES string of the molecule is CC(C)S(=O)(=O)CCn1cc(S(N)(=O)=O)c([N+](=O)[O-])n1. The summed E-state index contributed by atoms with van der Waals surface area (Å²) in [4.78, 5) is 8.94. The highest BCUT2D eigenvalue weighted by atomic mass is 32.2. The van der Waals surface area contributed by atoms with E-state index in [2.05, 4.69) is 5.10 Å². The van der Waals surface area contributed by atoms with Crippen molar-refractivity contribution < 1.29 is 21.8 Å². The molecule has 0 aliphatic carbocycles. The number of nitro groups is 1. The fourth-order valence-electron chi connectivity index (χ4n) is 1.29.